The van der Waals surface area contributed by atoms with E-state index in [1.54, 1.807) is 7.05 Å². The highest BCUT2D eigenvalue weighted by atomic mass is 127. The quantitative estimate of drug-likeness (QED) is 0.445. The molecule has 2 rings (SSSR count). The van der Waals surface area contributed by atoms with Crippen molar-refractivity contribution in [2.75, 3.05) is 33.7 Å². The van der Waals surface area contributed by atoms with Gasteiger partial charge in [-0.3, -0.25) is 9.89 Å². The molecule has 0 aliphatic carbocycles. The molecule has 21 heavy (non-hydrogen) atoms. The van der Waals surface area contributed by atoms with Gasteiger partial charge in [0.2, 0.25) is 0 Å². The average Bonchev–Trinajstić information content (AvgIpc) is 2.97. The molecule has 0 saturated carbocycles. The summed E-state index contributed by atoms with van der Waals surface area (Å²) in [6, 6.07) is 8.49. The molecule has 0 bridgehead atoms. The summed E-state index contributed by atoms with van der Waals surface area (Å²) in [5.41, 5.74) is 1.26. The molecular weight excluding hydrogens is 399 g/mol. The van der Waals surface area contributed by atoms with Crippen molar-refractivity contribution in [1.82, 2.24) is 15.5 Å². The fourth-order valence-corrected chi connectivity index (χ4v) is 2.90. The lowest BCUT2D eigenvalue weighted by Crippen LogP contribution is -2.41. The minimum Gasteiger partial charge on any atom is -0.359 e. The lowest BCUT2D eigenvalue weighted by atomic mass is 10.1. The van der Waals surface area contributed by atoms with Crippen LogP contribution in [0.2, 0.25) is 5.02 Å². The Morgan fingerprint density at radius 3 is 2.67 bits per heavy atom. The number of aliphatic imine (C=N–C) groups is 1. The standard InChI is InChI=1S/C15H23ClN4.HI/c1-17-15(18-2)19-11-14(20-8-3-4-9-20)12-6-5-7-13(16)10-12;/h5-7,10,14H,3-4,8-9,11H2,1-2H3,(H2,17,18,19);1H. The number of nitrogens with zero attached hydrogens (tertiary/aromatic N) is 2. The predicted octanol–water partition coefficient (Wildman–Crippen LogP) is 2.89. The van der Waals surface area contributed by atoms with Crippen LogP contribution in [-0.2, 0) is 0 Å². The van der Waals surface area contributed by atoms with E-state index in [9.17, 15) is 0 Å². The third kappa shape index (κ3) is 5.30. The van der Waals surface area contributed by atoms with Crippen LogP contribution in [-0.4, -0.2) is 44.6 Å². The zero-order valence-electron chi connectivity index (χ0n) is 12.6. The first-order valence-corrected chi connectivity index (χ1v) is 7.50. The zero-order chi connectivity index (χ0) is 14.4. The van der Waals surface area contributed by atoms with E-state index >= 15 is 0 Å². The second-order valence-corrected chi connectivity index (χ2v) is 5.45. The number of hydrogen-bond donors (Lipinski definition) is 2. The highest BCUT2D eigenvalue weighted by molar-refractivity contribution is 14.0. The van der Waals surface area contributed by atoms with Gasteiger partial charge in [-0.15, -0.1) is 24.0 Å². The highest BCUT2D eigenvalue weighted by Gasteiger charge is 2.23. The van der Waals surface area contributed by atoms with E-state index in [4.69, 9.17) is 11.6 Å². The molecule has 1 aromatic carbocycles. The van der Waals surface area contributed by atoms with E-state index in [2.05, 4.69) is 32.7 Å². The van der Waals surface area contributed by atoms with Gasteiger partial charge in [-0.25, -0.2) is 0 Å². The van der Waals surface area contributed by atoms with Gasteiger partial charge in [0, 0.05) is 25.7 Å². The largest absolute Gasteiger partial charge is 0.359 e. The molecule has 1 aliphatic heterocycles. The van der Waals surface area contributed by atoms with E-state index in [0.717, 1.165) is 30.6 Å². The minimum atomic E-state index is 0. The van der Waals surface area contributed by atoms with Crippen LogP contribution >= 0.6 is 35.6 Å². The number of halogens is 2. The molecule has 0 radical (unpaired) electrons. The lowest BCUT2D eigenvalue weighted by Gasteiger charge is -2.28. The maximum atomic E-state index is 6.14. The molecule has 0 aromatic heterocycles. The van der Waals surface area contributed by atoms with Gasteiger partial charge >= 0.3 is 0 Å². The van der Waals surface area contributed by atoms with Crippen LogP contribution < -0.4 is 10.6 Å². The summed E-state index contributed by atoms with van der Waals surface area (Å²) in [6.45, 7) is 3.13. The van der Waals surface area contributed by atoms with E-state index < -0.39 is 0 Å². The van der Waals surface area contributed by atoms with Crippen LogP contribution in [0.5, 0.6) is 0 Å². The van der Waals surface area contributed by atoms with Gasteiger partial charge in [0.25, 0.3) is 0 Å². The van der Waals surface area contributed by atoms with Gasteiger partial charge in [0.15, 0.2) is 5.96 Å². The van der Waals surface area contributed by atoms with Crippen LogP contribution in [0.1, 0.15) is 24.4 Å². The molecule has 1 fully saturated rings. The average molecular weight is 423 g/mol. The first-order chi connectivity index (χ1) is 9.74. The smallest absolute Gasteiger partial charge is 0.190 e. The second-order valence-electron chi connectivity index (χ2n) is 5.02. The minimum absolute atomic E-state index is 0. The van der Waals surface area contributed by atoms with Crippen molar-refractivity contribution in [1.29, 1.82) is 0 Å². The normalized spacial score (nSPS) is 17.2. The van der Waals surface area contributed by atoms with Gasteiger partial charge in [0.05, 0.1) is 6.04 Å². The van der Waals surface area contributed by atoms with Gasteiger partial charge in [-0.1, -0.05) is 23.7 Å². The first-order valence-electron chi connectivity index (χ1n) is 7.12. The summed E-state index contributed by atoms with van der Waals surface area (Å²) in [4.78, 5) is 6.68. The third-order valence-electron chi connectivity index (χ3n) is 3.74. The Kier molecular flexibility index (Phi) is 8.36. The summed E-state index contributed by atoms with van der Waals surface area (Å²) in [7, 11) is 3.66. The molecule has 4 nitrogen and oxygen atoms in total. The van der Waals surface area contributed by atoms with Gasteiger partial charge < -0.3 is 10.6 Å². The summed E-state index contributed by atoms with van der Waals surface area (Å²) in [5, 5.41) is 7.22. The fraction of sp³-hybridized carbons (Fsp3) is 0.533. The van der Waals surface area contributed by atoms with Crippen LogP contribution in [0.3, 0.4) is 0 Å². The third-order valence-corrected chi connectivity index (χ3v) is 3.97. The fourth-order valence-electron chi connectivity index (χ4n) is 2.70. The van der Waals surface area contributed by atoms with E-state index in [-0.39, 0.29) is 24.0 Å². The van der Waals surface area contributed by atoms with Crippen LogP contribution in [0.4, 0.5) is 0 Å². The molecule has 1 heterocycles. The Morgan fingerprint density at radius 2 is 2.10 bits per heavy atom. The Hall–Kier alpha value is -0.530. The van der Waals surface area contributed by atoms with Crippen LogP contribution in [0, 0.1) is 0 Å². The zero-order valence-corrected chi connectivity index (χ0v) is 15.7. The molecule has 1 aliphatic rings. The Labute approximate surface area is 149 Å². The number of hydrogen-bond acceptors (Lipinski definition) is 2. The highest BCUT2D eigenvalue weighted by Crippen LogP contribution is 2.26. The second kappa shape index (κ2) is 9.48. The summed E-state index contributed by atoms with van der Waals surface area (Å²) in [6.07, 6.45) is 2.55. The number of nitrogens with one attached hydrogen (secondary N) is 2. The van der Waals surface area contributed by atoms with Crippen LogP contribution in [0.15, 0.2) is 29.3 Å². The van der Waals surface area contributed by atoms with E-state index in [1.165, 1.54) is 18.4 Å². The van der Waals surface area contributed by atoms with Crippen molar-refractivity contribution in [3.63, 3.8) is 0 Å². The molecule has 1 unspecified atom stereocenters. The van der Waals surface area contributed by atoms with Crippen LogP contribution in [0.25, 0.3) is 0 Å². The van der Waals surface area contributed by atoms with Crippen molar-refractivity contribution >= 4 is 41.5 Å². The molecule has 0 spiro atoms. The molecule has 1 saturated heterocycles. The summed E-state index contributed by atoms with van der Waals surface area (Å²) in [5.74, 6) is 0.816. The van der Waals surface area contributed by atoms with Crippen molar-refractivity contribution in [3.8, 4) is 0 Å². The molecular formula is C15H24ClIN4. The summed E-state index contributed by atoms with van der Waals surface area (Å²) >= 11 is 6.14. The molecule has 6 heteroatoms. The predicted molar refractivity (Wildman–Crippen MR) is 101 cm³/mol. The maximum Gasteiger partial charge on any atom is 0.190 e. The summed E-state index contributed by atoms with van der Waals surface area (Å²) < 4.78 is 0. The van der Waals surface area contributed by atoms with Crippen molar-refractivity contribution < 1.29 is 0 Å². The molecule has 1 atom stereocenters. The number of rotatable bonds is 4. The Balaban J connectivity index is 0.00000220. The van der Waals surface area contributed by atoms with Crippen molar-refractivity contribution in [2.24, 2.45) is 4.99 Å². The molecule has 2 N–H and O–H groups in total. The van der Waals surface area contributed by atoms with Gasteiger partial charge in [-0.2, -0.15) is 0 Å². The van der Waals surface area contributed by atoms with Gasteiger partial charge in [-0.05, 0) is 43.6 Å². The monoisotopic (exact) mass is 422 g/mol. The van der Waals surface area contributed by atoms with Crippen molar-refractivity contribution in [3.05, 3.63) is 34.9 Å². The molecule has 1 aromatic rings. The molecule has 118 valence electrons. The topological polar surface area (TPSA) is 39.7 Å². The first kappa shape index (κ1) is 18.5. The SMILES string of the molecule is CN=C(NC)NCC(c1cccc(Cl)c1)N1CCCC1.I. The molecule has 0 amide bonds. The number of likely N-dealkylation sites (tertiary alicyclic amines) is 1. The van der Waals surface area contributed by atoms with E-state index in [0.29, 0.717) is 6.04 Å². The Morgan fingerprint density at radius 1 is 1.38 bits per heavy atom. The lowest BCUT2D eigenvalue weighted by molar-refractivity contribution is 0.245. The van der Waals surface area contributed by atoms with Gasteiger partial charge in [0.1, 0.15) is 0 Å². The number of benzene rings is 1. The maximum absolute atomic E-state index is 6.14. The van der Waals surface area contributed by atoms with Crippen molar-refractivity contribution in [2.45, 2.75) is 18.9 Å². The van der Waals surface area contributed by atoms with E-state index in [1.807, 2.05) is 19.2 Å². The number of guanidine groups is 1. The Bertz CT molecular complexity index is 461.